The molecule has 0 aliphatic carbocycles. The smallest absolute Gasteiger partial charge is 0.306 e. The first-order valence-corrected chi connectivity index (χ1v) is 10.9. The molecular weight excluding hydrogens is 467 g/mol. The van der Waals surface area contributed by atoms with Crippen LogP contribution in [0.4, 0.5) is 5.69 Å². The number of imide groups is 1. The zero-order chi connectivity index (χ0) is 23.5. The van der Waals surface area contributed by atoms with Crippen LogP contribution in [0.25, 0.3) is 10.8 Å². The third kappa shape index (κ3) is 4.84. The number of hydrogen-bond donors (Lipinski definition) is 1. The Labute approximate surface area is 199 Å². The number of halogens is 2. The Hall–Kier alpha value is -3.42. The minimum Gasteiger partial charge on any atom is -0.456 e. The number of carbonyl (C=O) groups excluding carboxylic acids is 4. The van der Waals surface area contributed by atoms with E-state index in [1.807, 2.05) is 12.1 Å². The summed E-state index contributed by atoms with van der Waals surface area (Å²) in [6, 6.07) is 15.2. The molecule has 33 heavy (non-hydrogen) atoms. The number of nitrogens with one attached hydrogen (secondary N) is 1. The Kier molecular flexibility index (Phi) is 6.62. The molecule has 3 amide bonds. The van der Waals surface area contributed by atoms with E-state index in [4.69, 9.17) is 27.9 Å². The molecular formula is C24H18Cl2N2O5. The van der Waals surface area contributed by atoms with Crippen LogP contribution in [-0.4, -0.2) is 41.7 Å². The van der Waals surface area contributed by atoms with Gasteiger partial charge in [0.2, 0.25) is 0 Å². The highest BCUT2D eigenvalue weighted by molar-refractivity contribution is 6.35. The molecule has 1 aliphatic heterocycles. The molecule has 1 aliphatic rings. The number of amides is 3. The summed E-state index contributed by atoms with van der Waals surface area (Å²) in [5, 5.41) is 4.68. The fourth-order valence-electron chi connectivity index (χ4n) is 3.66. The fourth-order valence-corrected chi connectivity index (χ4v) is 4.00. The number of carbonyl (C=O) groups is 4. The van der Waals surface area contributed by atoms with Gasteiger partial charge in [0, 0.05) is 34.5 Å². The first-order valence-electron chi connectivity index (χ1n) is 10.1. The van der Waals surface area contributed by atoms with Crippen LogP contribution in [-0.2, 0) is 14.3 Å². The minimum absolute atomic E-state index is 0.0573. The zero-order valence-electron chi connectivity index (χ0n) is 17.3. The summed E-state index contributed by atoms with van der Waals surface area (Å²) in [7, 11) is 0. The Bertz CT molecular complexity index is 1240. The minimum atomic E-state index is -0.623. The zero-order valence-corrected chi connectivity index (χ0v) is 18.8. The quantitative estimate of drug-likeness (QED) is 0.387. The van der Waals surface area contributed by atoms with Gasteiger partial charge in [-0.2, -0.15) is 0 Å². The molecule has 1 heterocycles. The molecule has 168 valence electrons. The van der Waals surface area contributed by atoms with Crippen LogP contribution in [0.1, 0.15) is 33.6 Å². The Morgan fingerprint density at radius 1 is 0.939 bits per heavy atom. The van der Waals surface area contributed by atoms with Crippen molar-refractivity contribution < 1.29 is 23.9 Å². The summed E-state index contributed by atoms with van der Waals surface area (Å²) < 4.78 is 4.98. The van der Waals surface area contributed by atoms with Gasteiger partial charge in [0.15, 0.2) is 6.61 Å². The third-order valence-electron chi connectivity index (χ3n) is 5.19. The molecule has 7 nitrogen and oxygen atoms in total. The van der Waals surface area contributed by atoms with Crippen LogP contribution in [0.5, 0.6) is 0 Å². The van der Waals surface area contributed by atoms with Crippen molar-refractivity contribution in [3.8, 4) is 0 Å². The van der Waals surface area contributed by atoms with Crippen LogP contribution >= 0.6 is 23.2 Å². The maximum absolute atomic E-state index is 12.8. The summed E-state index contributed by atoms with van der Waals surface area (Å²) in [6.07, 6.45) is 0.143. The number of hydrogen-bond acceptors (Lipinski definition) is 5. The predicted octanol–water partition coefficient (Wildman–Crippen LogP) is 4.70. The van der Waals surface area contributed by atoms with Gasteiger partial charge < -0.3 is 10.1 Å². The highest BCUT2D eigenvalue weighted by Gasteiger charge is 2.32. The third-order valence-corrected chi connectivity index (χ3v) is 5.75. The van der Waals surface area contributed by atoms with E-state index in [1.165, 1.54) is 12.1 Å². The topological polar surface area (TPSA) is 92.8 Å². The van der Waals surface area contributed by atoms with Crippen LogP contribution in [0, 0.1) is 0 Å². The van der Waals surface area contributed by atoms with Gasteiger partial charge in [-0.25, -0.2) is 0 Å². The molecule has 0 fully saturated rings. The van der Waals surface area contributed by atoms with E-state index in [-0.39, 0.29) is 19.4 Å². The Morgan fingerprint density at radius 3 is 2.27 bits per heavy atom. The summed E-state index contributed by atoms with van der Waals surface area (Å²) >= 11 is 11.9. The lowest BCUT2D eigenvalue weighted by Gasteiger charge is -2.27. The van der Waals surface area contributed by atoms with E-state index >= 15 is 0 Å². The van der Waals surface area contributed by atoms with Crippen LogP contribution in [0.2, 0.25) is 10.0 Å². The van der Waals surface area contributed by atoms with Crippen molar-refractivity contribution in [2.75, 3.05) is 18.5 Å². The first-order chi connectivity index (χ1) is 15.8. The van der Waals surface area contributed by atoms with E-state index < -0.39 is 30.3 Å². The molecule has 0 radical (unpaired) electrons. The first kappa shape index (κ1) is 22.8. The Morgan fingerprint density at radius 2 is 1.61 bits per heavy atom. The van der Waals surface area contributed by atoms with E-state index in [1.54, 1.807) is 30.3 Å². The maximum atomic E-state index is 12.8. The molecule has 0 spiro atoms. The van der Waals surface area contributed by atoms with Crippen molar-refractivity contribution in [1.82, 2.24) is 4.90 Å². The summed E-state index contributed by atoms with van der Waals surface area (Å²) in [6.45, 7) is -0.444. The molecule has 9 heteroatoms. The number of rotatable bonds is 7. The van der Waals surface area contributed by atoms with Gasteiger partial charge in [-0.15, -0.1) is 0 Å². The molecule has 0 saturated heterocycles. The summed E-state index contributed by atoms with van der Waals surface area (Å²) in [4.78, 5) is 50.9. The molecule has 3 aromatic carbocycles. The van der Waals surface area contributed by atoms with Gasteiger partial charge in [-0.3, -0.25) is 24.1 Å². The van der Waals surface area contributed by atoms with E-state index in [9.17, 15) is 19.2 Å². The number of anilines is 1. The summed E-state index contributed by atoms with van der Waals surface area (Å²) in [5.41, 5.74) is 1.23. The Balaban J connectivity index is 1.29. The van der Waals surface area contributed by atoms with Gasteiger partial charge in [0.25, 0.3) is 17.7 Å². The molecule has 0 aromatic heterocycles. The molecule has 0 unspecified atom stereocenters. The van der Waals surface area contributed by atoms with Crippen LogP contribution in [0.3, 0.4) is 0 Å². The molecule has 0 bridgehead atoms. The van der Waals surface area contributed by atoms with Gasteiger partial charge >= 0.3 is 5.97 Å². The van der Waals surface area contributed by atoms with Crippen molar-refractivity contribution >= 4 is 63.4 Å². The maximum Gasteiger partial charge on any atom is 0.306 e. The molecule has 3 aromatic rings. The second-order valence-electron chi connectivity index (χ2n) is 7.41. The van der Waals surface area contributed by atoms with Gasteiger partial charge in [-0.05, 0) is 42.1 Å². The van der Waals surface area contributed by atoms with Crippen molar-refractivity contribution in [1.29, 1.82) is 0 Å². The second kappa shape index (κ2) is 9.60. The molecule has 4 rings (SSSR count). The fraction of sp³-hybridized carbons (Fsp3) is 0.167. The normalized spacial score (nSPS) is 12.7. The van der Waals surface area contributed by atoms with Crippen molar-refractivity contribution in [2.24, 2.45) is 0 Å². The number of nitrogens with zero attached hydrogens (tertiary/aromatic N) is 1. The van der Waals surface area contributed by atoms with Gasteiger partial charge in [-0.1, -0.05) is 47.5 Å². The molecule has 0 saturated carbocycles. The number of ether oxygens (including phenoxy) is 1. The predicted molar refractivity (Wildman–Crippen MR) is 125 cm³/mol. The van der Waals surface area contributed by atoms with Crippen molar-refractivity contribution in [2.45, 2.75) is 12.8 Å². The largest absolute Gasteiger partial charge is 0.456 e. The number of benzene rings is 3. The van der Waals surface area contributed by atoms with E-state index in [2.05, 4.69) is 5.32 Å². The lowest BCUT2D eigenvalue weighted by Crippen LogP contribution is -2.41. The van der Waals surface area contributed by atoms with E-state index in [0.717, 1.165) is 10.3 Å². The SMILES string of the molecule is O=C(COC(=O)CCCN1C(=O)c2cccc3cccc(c23)C1=O)Nc1cc(Cl)ccc1Cl. The number of esters is 1. The molecule has 0 atom stereocenters. The average molecular weight is 485 g/mol. The summed E-state index contributed by atoms with van der Waals surface area (Å²) in [5.74, 6) is -1.98. The standard InChI is InChI=1S/C24H18Cl2N2O5/c25-15-9-10-18(26)19(12-15)27-20(29)13-33-21(30)8-3-11-28-23(31)16-6-1-4-14-5-2-7-17(22(14)16)24(28)32/h1-2,4-7,9-10,12H,3,8,11,13H2,(H,27,29). The lowest BCUT2D eigenvalue weighted by molar-refractivity contribution is -0.147. The lowest BCUT2D eigenvalue weighted by atomic mass is 9.94. The van der Waals surface area contributed by atoms with Crippen LogP contribution in [0.15, 0.2) is 54.6 Å². The van der Waals surface area contributed by atoms with Crippen molar-refractivity contribution in [3.63, 3.8) is 0 Å². The van der Waals surface area contributed by atoms with Gasteiger partial charge in [0.1, 0.15) is 0 Å². The van der Waals surface area contributed by atoms with Crippen LogP contribution < -0.4 is 5.32 Å². The monoisotopic (exact) mass is 484 g/mol. The highest BCUT2D eigenvalue weighted by atomic mass is 35.5. The van der Waals surface area contributed by atoms with Gasteiger partial charge in [0.05, 0.1) is 10.7 Å². The second-order valence-corrected chi connectivity index (χ2v) is 8.25. The average Bonchev–Trinajstić information content (AvgIpc) is 2.80. The highest BCUT2D eigenvalue weighted by Crippen LogP contribution is 2.30. The van der Waals surface area contributed by atoms with E-state index in [0.29, 0.717) is 32.2 Å². The molecule has 1 N–H and O–H groups in total. The van der Waals surface area contributed by atoms with Crippen molar-refractivity contribution in [3.05, 3.63) is 75.8 Å².